The van der Waals surface area contributed by atoms with Crippen molar-refractivity contribution in [2.75, 3.05) is 16.4 Å². The van der Waals surface area contributed by atoms with Crippen LogP contribution in [0.4, 0.5) is 29.7 Å². The molecule has 0 atom stereocenters. The molecule has 9 nitrogen and oxygen atoms in total. The first kappa shape index (κ1) is 24.4. The van der Waals surface area contributed by atoms with Crippen LogP contribution in [0.2, 0.25) is 5.02 Å². The van der Waals surface area contributed by atoms with Gasteiger partial charge in [-0.2, -0.15) is 13.2 Å². The van der Waals surface area contributed by atoms with E-state index in [1.54, 1.807) is 0 Å². The number of amides is 2. The van der Waals surface area contributed by atoms with E-state index in [-0.39, 0.29) is 37.2 Å². The van der Waals surface area contributed by atoms with Crippen LogP contribution in [0.15, 0.2) is 46.8 Å². The predicted molar refractivity (Wildman–Crippen MR) is 117 cm³/mol. The molecule has 15 heteroatoms. The average molecular weight is 518 g/mol. The summed E-state index contributed by atoms with van der Waals surface area (Å²) < 4.78 is 38.8. The van der Waals surface area contributed by atoms with Crippen molar-refractivity contribution in [1.29, 1.82) is 0 Å². The van der Waals surface area contributed by atoms with Gasteiger partial charge in [-0.1, -0.05) is 46.8 Å². The van der Waals surface area contributed by atoms with Gasteiger partial charge in [0.2, 0.25) is 11.0 Å². The highest BCUT2D eigenvalue weighted by atomic mass is 35.5. The van der Waals surface area contributed by atoms with Crippen molar-refractivity contribution in [3.05, 3.63) is 68.7 Å². The van der Waals surface area contributed by atoms with Gasteiger partial charge in [0, 0.05) is 6.07 Å². The number of para-hydroxylation sites is 1. The second-order valence-corrected chi connectivity index (χ2v) is 8.74. The van der Waals surface area contributed by atoms with Gasteiger partial charge < -0.3 is 5.32 Å². The fourth-order valence-corrected chi connectivity index (χ4v) is 4.13. The summed E-state index contributed by atoms with van der Waals surface area (Å²) >= 11 is 7.68. The van der Waals surface area contributed by atoms with Crippen LogP contribution in [0.1, 0.15) is 15.9 Å². The molecule has 172 valence electrons. The van der Waals surface area contributed by atoms with Gasteiger partial charge in [-0.15, -0.1) is 10.2 Å². The van der Waals surface area contributed by atoms with E-state index in [1.165, 1.54) is 24.3 Å². The summed E-state index contributed by atoms with van der Waals surface area (Å²) in [6.07, 6.45) is -4.59. The number of carbonyl (C=O) groups excluding carboxylic acids is 2. The topological polar surface area (TPSA) is 127 Å². The Hall–Kier alpha value is -3.23. The molecule has 3 aromatic rings. The maximum atomic E-state index is 12.8. The van der Waals surface area contributed by atoms with Gasteiger partial charge in [0.1, 0.15) is 5.56 Å². The van der Waals surface area contributed by atoms with Gasteiger partial charge in [0.15, 0.2) is 4.34 Å². The van der Waals surface area contributed by atoms with Gasteiger partial charge in [-0.05, 0) is 24.3 Å². The molecule has 2 aromatic carbocycles. The number of anilines is 2. The molecular weight excluding hydrogens is 507 g/mol. The number of aromatic nitrogens is 2. The standard InChI is InChI=1S/C18H11ClF3N5O4S2/c19-11-6-5-9(18(20,21)22)7-12(11)23-14(28)8-32-17-26-25-16(33-17)24-15(29)10-3-1-2-4-13(10)27(30)31/h1-7H,8H2,(H,23,28)(H,24,25,29). The molecule has 0 radical (unpaired) electrons. The summed E-state index contributed by atoms with van der Waals surface area (Å²) in [6, 6.07) is 7.92. The molecule has 1 aromatic heterocycles. The van der Waals surface area contributed by atoms with Gasteiger partial charge in [-0.25, -0.2) is 0 Å². The third-order valence-corrected chi connectivity index (χ3v) is 6.17. The fraction of sp³-hybridized carbons (Fsp3) is 0.111. The number of thioether (sulfide) groups is 1. The first-order valence-corrected chi connectivity index (χ1v) is 10.9. The number of carbonyl (C=O) groups is 2. The van der Waals surface area contributed by atoms with E-state index in [0.717, 1.165) is 41.3 Å². The molecule has 0 aliphatic carbocycles. The molecule has 0 unspecified atom stereocenters. The summed E-state index contributed by atoms with van der Waals surface area (Å²) in [6.45, 7) is 0. The van der Waals surface area contributed by atoms with E-state index in [1.807, 2.05) is 0 Å². The van der Waals surface area contributed by atoms with Crippen molar-refractivity contribution in [3.8, 4) is 0 Å². The molecule has 0 fully saturated rings. The van der Waals surface area contributed by atoms with Crippen molar-refractivity contribution in [2.45, 2.75) is 10.5 Å². The summed E-state index contributed by atoms with van der Waals surface area (Å²) in [7, 11) is 0. The zero-order chi connectivity index (χ0) is 24.2. The molecule has 33 heavy (non-hydrogen) atoms. The van der Waals surface area contributed by atoms with E-state index in [2.05, 4.69) is 20.8 Å². The minimum absolute atomic E-state index is 0.0435. The third kappa shape index (κ3) is 6.40. The number of nitro benzene ring substituents is 1. The molecule has 3 rings (SSSR count). The lowest BCUT2D eigenvalue weighted by molar-refractivity contribution is -0.385. The number of nitrogens with one attached hydrogen (secondary N) is 2. The van der Waals surface area contributed by atoms with Gasteiger partial charge in [0.25, 0.3) is 11.6 Å². The highest BCUT2D eigenvalue weighted by Gasteiger charge is 2.31. The minimum atomic E-state index is -4.59. The number of nitrogens with zero attached hydrogens (tertiary/aromatic N) is 3. The molecule has 1 heterocycles. The molecule has 0 aliphatic heterocycles. The van der Waals surface area contributed by atoms with E-state index < -0.39 is 28.5 Å². The Balaban J connectivity index is 1.59. The van der Waals surface area contributed by atoms with Crippen molar-refractivity contribution in [3.63, 3.8) is 0 Å². The van der Waals surface area contributed by atoms with Crippen molar-refractivity contribution in [2.24, 2.45) is 0 Å². The number of benzene rings is 2. The molecule has 2 N–H and O–H groups in total. The summed E-state index contributed by atoms with van der Waals surface area (Å²) in [5, 5.41) is 23.3. The number of hydrogen-bond acceptors (Lipinski definition) is 8. The Morgan fingerprint density at radius 3 is 2.58 bits per heavy atom. The highest BCUT2D eigenvalue weighted by molar-refractivity contribution is 8.01. The maximum Gasteiger partial charge on any atom is 0.416 e. The zero-order valence-electron chi connectivity index (χ0n) is 16.1. The van der Waals surface area contributed by atoms with Gasteiger partial charge >= 0.3 is 6.18 Å². The smallest absolute Gasteiger partial charge is 0.324 e. The second-order valence-electron chi connectivity index (χ2n) is 6.13. The molecule has 2 amide bonds. The van der Waals surface area contributed by atoms with Crippen molar-refractivity contribution >= 4 is 63.0 Å². The average Bonchev–Trinajstić information content (AvgIpc) is 3.20. The first-order chi connectivity index (χ1) is 15.5. The zero-order valence-corrected chi connectivity index (χ0v) is 18.4. The van der Waals surface area contributed by atoms with Crippen LogP contribution in [0, 0.1) is 10.1 Å². The molecule has 0 bridgehead atoms. The lowest BCUT2D eigenvalue weighted by Gasteiger charge is -2.11. The number of alkyl halides is 3. The van der Waals surface area contributed by atoms with Gasteiger partial charge in [-0.3, -0.25) is 25.0 Å². The van der Waals surface area contributed by atoms with E-state index in [4.69, 9.17) is 11.6 Å². The number of halogens is 4. The Labute approximate surface area is 196 Å². The largest absolute Gasteiger partial charge is 0.416 e. The normalized spacial score (nSPS) is 11.2. The highest BCUT2D eigenvalue weighted by Crippen LogP contribution is 2.34. The van der Waals surface area contributed by atoms with Gasteiger partial charge in [0.05, 0.1) is 26.9 Å². The SMILES string of the molecule is O=C(CSc1nnc(NC(=O)c2ccccc2[N+](=O)[O-])s1)Nc1cc(C(F)(F)F)ccc1Cl. The summed E-state index contributed by atoms with van der Waals surface area (Å²) in [5.74, 6) is -1.62. The quantitative estimate of drug-likeness (QED) is 0.193. The summed E-state index contributed by atoms with van der Waals surface area (Å²) in [5.41, 5.74) is -1.69. The second kappa shape index (κ2) is 10.1. The van der Waals surface area contributed by atoms with Crippen molar-refractivity contribution in [1.82, 2.24) is 10.2 Å². The lowest BCUT2D eigenvalue weighted by atomic mass is 10.1. The lowest BCUT2D eigenvalue weighted by Crippen LogP contribution is -2.15. The van der Waals surface area contributed by atoms with Crippen LogP contribution in [0.3, 0.4) is 0 Å². The van der Waals surface area contributed by atoms with E-state index >= 15 is 0 Å². The number of rotatable bonds is 7. The molecular formula is C18H11ClF3N5O4S2. The van der Waals surface area contributed by atoms with E-state index in [0.29, 0.717) is 0 Å². The van der Waals surface area contributed by atoms with Crippen LogP contribution < -0.4 is 10.6 Å². The van der Waals surface area contributed by atoms with Crippen LogP contribution in [0.5, 0.6) is 0 Å². The van der Waals surface area contributed by atoms with Crippen LogP contribution in [-0.4, -0.2) is 32.7 Å². The number of hydrogen-bond donors (Lipinski definition) is 2. The van der Waals surface area contributed by atoms with Crippen molar-refractivity contribution < 1.29 is 27.7 Å². The first-order valence-electron chi connectivity index (χ1n) is 8.72. The Morgan fingerprint density at radius 2 is 1.88 bits per heavy atom. The number of nitro groups is 1. The minimum Gasteiger partial charge on any atom is -0.324 e. The molecule has 0 saturated carbocycles. The summed E-state index contributed by atoms with van der Waals surface area (Å²) in [4.78, 5) is 34.8. The molecule has 0 spiro atoms. The van der Waals surface area contributed by atoms with Crippen LogP contribution >= 0.6 is 34.7 Å². The maximum absolute atomic E-state index is 12.8. The Bertz CT molecular complexity index is 1220. The Morgan fingerprint density at radius 1 is 1.15 bits per heavy atom. The van der Waals surface area contributed by atoms with Crippen LogP contribution in [0.25, 0.3) is 0 Å². The monoisotopic (exact) mass is 517 g/mol. The fourth-order valence-electron chi connectivity index (χ4n) is 2.42. The van der Waals surface area contributed by atoms with E-state index in [9.17, 15) is 32.9 Å². The molecule has 0 aliphatic rings. The van der Waals surface area contributed by atoms with Crippen LogP contribution in [-0.2, 0) is 11.0 Å². The molecule has 0 saturated heterocycles. The third-order valence-electron chi connectivity index (χ3n) is 3.87. The predicted octanol–water partition coefficient (Wildman–Crippen LogP) is 5.10. The Kier molecular flexibility index (Phi) is 7.50.